The number of nitrogens with one attached hydrogen (secondary N) is 1. The lowest BCUT2D eigenvalue weighted by molar-refractivity contribution is 0.226. The van der Waals surface area contributed by atoms with Crippen molar-refractivity contribution in [2.24, 2.45) is 0 Å². The summed E-state index contributed by atoms with van der Waals surface area (Å²) in [5.74, 6) is 1.16. The van der Waals surface area contributed by atoms with Gasteiger partial charge in [0.25, 0.3) is 0 Å². The van der Waals surface area contributed by atoms with E-state index in [0.29, 0.717) is 6.04 Å². The molecule has 0 bridgehead atoms. The van der Waals surface area contributed by atoms with Gasteiger partial charge in [-0.2, -0.15) is 0 Å². The van der Waals surface area contributed by atoms with Crippen LogP contribution in [0.5, 0.6) is 0 Å². The number of hydrogen-bond acceptors (Lipinski definition) is 3. The molecular formula is C13H19NOS. The molecule has 16 heavy (non-hydrogen) atoms. The topological polar surface area (TPSA) is 32.3 Å². The van der Waals surface area contributed by atoms with Crippen LogP contribution in [0, 0.1) is 0 Å². The Labute approximate surface area is 101 Å². The third kappa shape index (κ3) is 2.59. The van der Waals surface area contributed by atoms with Crippen LogP contribution in [0.3, 0.4) is 0 Å². The van der Waals surface area contributed by atoms with Gasteiger partial charge in [0.1, 0.15) is 0 Å². The fraction of sp³-hybridized carbons (Fsp3) is 0.538. The smallest absolute Gasteiger partial charge is 0.0584 e. The Balaban J connectivity index is 2.12. The van der Waals surface area contributed by atoms with Crippen molar-refractivity contribution in [3.8, 4) is 0 Å². The number of aliphatic hydroxyl groups excluding tert-OH is 1. The Hall–Kier alpha value is -0.510. The Morgan fingerprint density at radius 2 is 2.31 bits per heavy atom. The standard InChI is InChI=1S/C13H19NOS/c1-2-10(9-15)14-12-7-8-16-13-6-4-3-5-11(12)13/h3-6,10,12,14-15H,2,7-9H2,1H3. The molecule has 2 N–H and O–H groups in total. The van der Waals surface area contributed by atoms with Crippen molar-refractivity contribution >= 4 is 11.8 Å². The maximum absolute atomic E-state index is 9.24. The zero-order valence-corrected chi connectivity index (χ0v) is 10.5. The van der Waals surface area contributed by atoms with Gasteiger partial charge in [-0.15, -0.1) is 11.8 Å². The maximum Gasteiger partial charge on any atom is 0.0584 e. The van der Waals surface area contributed by atoms with E-state index in [4.69, 9.17) is 0 Å². The van der Waals surface area contributed by atoms with Crippen molar-refractivity contribution in [3.05, 3.63) is 29.8 Å². The molecule has 0 aliphatic carbocycles. The molecule has 2 nitrogen and oxygen atoms in total. The fourth-order valence-corrected chi connectivity index (χ4v) is 3.22. The Kier molecular flexibility index (Phi) is 4.27. The predicted octanol–water partition coefficient (Wildman–Crippen LogP) is 2.58. The van der Waals surface area contributed by atoms with Gasteiger partial charge in [0.2, 0.25) is 0 Å². The van der Waals surface area contributed by atoms with E-state index in [1.54, 1.807) is 0 Å². The molecule has 0 spiro atoms. The molecule has 1 heterocycles. The average Bonchev–Trinajstić information content (AvgIpc) is 2.36. The van der Waals surface area contributed by atoms with Crippen molar-refractivity contribution in [3.63, 3.8) is 0 Å². The van der Waals surface area contributed by atoms with E-state index >= 15 is 0 Å². The largest absolute Gasteiger partial charge is 0.395 e. The van der Waals surface area contributed by atoms with Gasteiger partial charge in [0.15, 0.2) is 0 Å². The summed E-state index contributed by atoms with van der Waals surface area (Å²) >= 11 is 1.93. The number of thioether (sulfide) groups is 1. The van der Waals surface area contributed by atoms with Gasteiger partial charge in [-0.25, -0.2) is 0 Å². The zero-order chi connectivity index (χ0) is 11.4. The fourth-order valence-electron chi connectivity index (χ4n) is 2.10. The quantitative estimate of drug-likeness (QED) is 0.844. The molecule has 0 aromatic heterocycles. The van der Waals surface area contributed by atoms with Crippen LogP contribution in [0.2, 0.25) is 0 Å². The lowest BCUT2D eigenvalue weighted by Crippen LogP contribution is -2.36. The Morgan fingerprint density at radius 1 is 1.50 bits per heavy atom. The van der Waals surface area contributed by atoms with Crippen molar-refractivity contribution in [1.82, 2.24) is 5.32 Å². The van der Waals surface area contributed by atoms with E-state index < -0.39 is 0 Å². The summed E-state index contributed by atoms with van der Waals surface area (Å²) in [7, 11) is 0. The Bertz CT molecular complexity index is 338. The highest BCUT2D eigenvalue weighted by Gasteiger charge is 2.21. The van der Waals surface area contributed by atoms with Crippen LogP contribution in [0.4, 0.5) is 0 Å². The second-order valence-electron chi connectivity index (χ2n) is 4.18. The van der Waals surface area contributed by atoms with Gasteiger partial charge in [-0.05, 0) is 30.2 Å². The van der Waals surface area contributed by atoms with E-state index in [2.05, 4.69) is 36.5 Å². The molecule has 1 aliphatic heterocycles. The maximum atomic E-state index is 9.24. The molecule has 1 aromatic carbocycles. The SMILES string of the molecule is CCC(CO)NC1CCSc2ccccc21. The van der Waals surface area contributed by atoms with E-state index in [1.165, 1.54) is 10.5 Å². The first kappa shape index (κ1) is 12.0. The number of aliphatic hydroxyl groups is 1. The summed E-state index contributed by atoms with van der Waals surface area (Å²) in [6.07, 6.45) is 2.13. The molecular weight excluding hydrogens is 218 g/mol. The molecule has 0 fully saturated rings. The lowest BCUT2D eigenvalue weighted by atomic mass is 10.0. The van der Waals surface area contributed by atoms with Gasteiger partial charge in [-0.1, -0.05) is 25.1 Å². The van der Waals surface area contributed by atoms with Crippen molar-refractivity contribution in [2.45, 2.75) is 36.7 Å². The molecule has 0 saturated heterocycles. The van der Waals surface area contributed by atoms with E-state index in [-0.39, 0.29) is 12.6 Å². The molecule has 1 aromatic rings. The third-order valence-corrected chi connectivity index (χ3v) is 4.23. The molecule has 0 amide bonds. The highest BCUT2D eigenvalue weighted by atomic mass is 32.2. The first-order chi connectivity index (χ1) is 7.85. The summed E-state index contributed by atoms with van der Waals surface area (Å²) < 4.78 is 0. The summed E-state index contributed by atoms with van der Waals surface area (Å²) in [6.45, 7) is 2.33. The molecule has 2 unspecified atom stereocenters. The number of rotatable bonds is 4. The van der Waals surface area contributed by atoms with Crippen molar-refractivity contribution in [2.75, 3.05) is 12.4 Å². The summed E-state index contributed by atoms with van der Waals surface area (Å²) in [4.78, 5) is 1.39. The van der Waals surface area contributed by atoms with Crippen LogP contribution < -0.4 is 5.32 Å². The molecule has 3 heteroatoms. The van der Waals surface area contributed by atoms with Crippen LogP contribution in [0.1, 0.15) is 31.4 Å². The first-order valence-corrected chi connectivity index (χ1v) is 6.92. The minimum absolute atomic E-state index is 0.223. The predicted molar refractivity (Wildman–Crippen MR) is 68.8 cm³/mol. The molecule has 1 aliphatic rings. The second kappa shape index (κ2) is 5.71. The minimum atomic E-state index is 0.223. The molecule has 2 atom stereocenters. The van der Waals surface area contributed by atoms with E-state index in [1.807, 2.05) is 11.8 Å². The minimum Gasteiger partial charge on any atom is -0.395 e. The van der Waals surface area contributed by atoms with E-state index in [0.717, 1.165) is 18.6 Å². The van der Waals surface area contributed by atoms with E-state index in [9.17, 15) is 5.11 Å². The monoisotopic (exact) mass is 237 g/mol. The van der Waals surface area contributed by atoms with Crippen LogP contribution >= 0.6 is 11.8 Å². The molecule has 0 radical (unpaired) electrons. The van der Waals surface area contributed by atoms with Crippen LogP contribution in [-0.4, -0.2) is 23.5 Å². The first-order valence-electron chi connectivity index (χ1n) is 5.93. The average molecular weight is 237 g/mol. The second-order valence-corrected chi connectivity index (χ2v) is 5.32. The summed E-state index contributed by atoms with van der Waals surface area (Å²) in [5.41, 5.74) is 1.39. The van der Waals surface area contributed by atoms with Gasteiger partial charge in [0.05, 0.1) is 6.61 Å². The number of hydrogen-bond donors (Lipinski definition) is 2. The van der Waals surface area contributed by atoms with Gasteiger partial charge in [0, 0.05) is 17.0 Å². The molecule has 0 saturated carbocycles. The highest BCUT2D eigenvalue weighted by molar-refractivity contribution is 7.99. The third-order valence-electron chi connectivity index (χ3n) is 3.11. The van der Waals surface area contributed by atoms with Gasteiger partial charge >= 0.3 is 0 Å². The molecule has 88 valence electrons. The zero-order valence-electron chi connectivity index (χ0n) is 9.65. The van der Waals surface area contributed by atoms with Crippen molar-refractivity contribution < 1.29 is 5.11 Å². The normalized spacial score (nSPS) is 21.5. The Morgan fingerprint density at radius 3 is 3.06 bits per heavy atom. The molecule has 2 rings (SSSR count). The van der Waals surface area contributed by atoms with Gasteiger partial charge < -0.3 is 10.4 Å². The lowest BCUT2D eigenvalue weighted by Gasteiger charge is -2.29. The van der Waals surface area contributed by atoms with Gasteiger partial charge in [-0.3, -0.25) is 0 Å². The highest BCUT2D eigenvalue weighted by Crippen LogP contribution is 2.36. The van der Waals surface area contributed by atoms with Crippen LogP contribution in [0.15, 0.2) is 29.2 Å². The number of benzene rings is 1. The van der Waals surface area contributed by atoms with Crippen LogP contribution in [-0.2, 0) is 0 Å². The van der Waals surface area contributed by atoms with Crippen LogP contribution in [0.25, 0.3) is 0 Å². The number of fused-ring (bicyclic) bond motifs is 1. The van der Waals surface area contributed by atoms with Crippen molar-refractivity contribution in [1.29, 1.82) is 0 Å². The summed E-state index contributed by atoms with van der Waals surface area (Å²) in [6, 6.07) is 9.21. The summed E-state index contributed by atoms with van der Waals surface area (Å²) in [5, 5.41) is 12.8.